The summed E-state index contributed by atoms with van der Waals surface area (Å²) in [5.74, 6) is 1.63. The molecule has 0 unspecified atom stereocenters. The normalized spacial score (nSPS) is 27.7. The van der Waals surface area contributed by atoms with Crippen molar-refractivity contribution in [2.24, 2.45) is 0 Å². The lowest BCUT2D eigenvalue weighted by Gasteiger charge is -2.42. The second-order valence-electron chi connectivity index (χ2n) is 8.19. The van der Waals surface area contributed by atoms with Crippen molar-refractivity contribution in [2.45, 2.75) is 62.6 Å². The Balaban J connectivity index is 1.54. The van der Waals surface area contributed by atoms with E-state index in [0.29, 0.717) is 18.6 Å². The fourth-order valence-electron chi connectivity index (χ4n) is 4.73. The molecule has 0 aromatic heterocycles. The molecule has 0 spiro atoms. The van der Waals surface area contributed by atoms with Gasteiger partial charge in [-0.1, -0.05) is 30.3 Å². The first-order chi connectivity index (χ1) is 14.2. The average molecular weight is 421 g/mol. The minimum Gasteiger partial charge on any atom is -0.376 e. The molecule has 2 aliphatic rings. The van der Waals surface area contributed by atoms with Crippen molar-refractivity contribution in [3.8, 4) is 0 Å². The molecule has 6 heteroatoms. The van der Waals surface area contributed by atoms with Gasteiger partial charge >= 0.3 is 0 Å². The summed E-state index contributed by atoms with van der Waals surface area (Å²) < 4.78 is 11.5. The van der Waals surface area contributed by atoms with E-state index in [2.05, 4.69) is 41.9 Å². The molecule has 3 rings (SSSR count). The van der Waals surface area contributed by atoms with E-state index in [1.165, 1.54) is 18.4 Å². The monoisotopic (exact) mass is 420 g/mol. The standard InChI is InChI=1S/C23H36N2O3S/c1-27-16-23(26)25-14-6-9-21(24-17-29-2)22(25)15-28-20-12-10-19(11-13-20)18-7-4-3-5-8-18/h3-5,7-8,19-22,24H,6,9-17H2,1-2H3/t19?,20?,21-,22-/m0/s1. The predicted molar refractivity (Wildman–Crippen MR) is 119 cm³/mol. The van der Waals surface area contributed by atoms with Crippen LogP contribution < -0.4 is 5.32 Å². The summed E-state index contributed by atoms with van der Waals surface area (Å²) in [5, 5.41) is 3.61. The molecule has 0 radical (unpaired) electrons. The van der Waals surface area contributed by atoms with Crippen LogP contribution in [-0.2, 0) is 14.3 Å². The van der Waals surface area contributed by atoms with Crippen LogP contribution in [0.15, 0.2) is 30.3 Å². The Kier molecular flexibility index (Phi) is 9.31. The van der Waals surface area contributed by atoms with Gasteiger partial charge in [-0.2, -0.15) is 0 Å². The van der Waals surface area contributed by atoms with Gasteiger partial charge in [-0.3, -0.25) is 4.79 Å². The van der Waals surface area contributed by atoms with Crippen molar-refractivity contribution in [1.82, 2.24) is 10.2 Å². The number of amides is 1. The quantitative estimate of drug-likeness (QED) is 0.618. The number of hydrogen-bond acceptors (Lipinski definition) is 5. The van der Waals surface area contributed by atoms with Gasteiger partial charge in [-0.05, 0) is 56.3 Å². The summed E-state index contributed by atoms with van der Waals surface area (Å²) >= 11 is 1.78. The van der Waals surface area contributed by atoms with Gasteiger partial charge in [0, 0.05) is 25.6 Å². The van der Waals surface area contributed by atoms with Gasteiger partial charge in [-0.25, -0.2) is 0 Å². The van der Waals surface area contributed by atoms with Crippen LogP contribution in [0.25, 0.3) is 0 Å². The number of ether oxygens (including phenoxy) is 2. The summed E-state index contributed by atoms with van der Waals surface area (Å²) in [7, 11) is 1.59. The molecule has 1 amide bonds. The van der Waals surface area contributed by atoms with Crippen LogP contribution in [0.3, 0.4) is 0 Å². The molecule has 1 N–H and O–H groups in total. The summed E-state index contributed by atoms with van der Waals surface area (Å²) in [6.45, 7) is 1.56. The fraction of sp³-hybridized carbons (Fsp3) is 0.696. The van der Waals surface area contributed by atoms with Crippen LogP contribution in [0.1, 0.15) is 50.0 Å². The van der Waals surface area contributed by atoms with Gasteiger partial charge in [0.1, 0.15) is 6.61 Å². The van der Waals surface area contributed by atoms with Crippen LogP contribution in [0, 0.1) is 0 Å². The first-order valence-corrected chi connectivity index (χ1v) is 12.3. The maximum atomic E-state index is 12.6. The maximum Gasteiger partial charge on any atom is 0.248 e. The fourth-order valence-corrected chi connectivity index (χ4v) is 5.11. The van der Waals surface area contributed by atoms with Crippen molar-refractivity contribution in [3.63, 3.8) is 0 Å². The van der Waals surface area contributed by atoms with E-state index in [1.807, 2.05) is 4.90 Å². The van der Waals surface area contributed by atoms with Crippen molar-refractivity contribution in [1.29, 1.82) is 0 Å². The van der Waals surface area contributed by atoms with E-state index < -0.39 is 0 Å². The molecular weight excluding hydrogens is 384 g/mol. The van der Waals surface area contributed by atoms with Crippen LogP contribution in [0.5, 0.6) is 0 Å². The molecule has 1 aromatic carbocycles. The lowest BCUT2D eigenvalue weighted by molar-refractivity contribution is -0.142. The lowest BCUT2D eigenvalue weighted by Crippen LogP contribution is -2.58. The third-order valence-corrected chi connectivity index (χ3v) is 6.76. The highest BCUT2D eigenvalue weighted by Crippen LogP contribution is 2.34. The number of piperidine rings is 1. The van der Waals surface area contributed by atoms with Gasteiger partial charge in [0.15, 0.2) is 0 Å². The summed E-state index contributed by atoms with van der Waals surface area (Å²) in [5.41, 5.74) is 1.45. The van der Waals surface area contributed by atoms with Crippen LogP contribution >= 0.6 is 11.8 Å². The lowest BCUT2D eigenvalue weighted by atomic mass is 9.83. The summed E-state index contributed by atoms with van der Waals surface area (Å²) in [4.78, 5) is 14.6. The third-order valence-electron chi connectivity index (χ3n) is 6.30. The smallest absolute Gasteiger partial charge is 0.248 e. The molecule has 1 aromatic rings. The van der Waals surface area contributed by atoms with E-state index in [0.717, 1.165) is 38.1 Å². The Hall–Kier alpha value is -1.08. The van der Waals surface area contributed by atoms with E-state index >= 15 is 0 Å². The van der Waals surface area contributed by atoms with Gasteiger partial charge in [-0.15, -0.1) is 11.8 Å². The van der Waals surface area contributed by atoms with Crippen molar-refractivity contribution < 1.29 is 14.3 Å². The summed E-state index contributed by atoms with van der Waals surface area (Å²) in [6, 6.07) is 11.2. The number of likely N-dealkylation sites (tertiary alicyclic amines) is 1. The van der Waals surface area contributed by atoms with E-state index in [1.54, 1.807) is 18.9 Å². The molecule has 2 atom stereocenters. The zero-order valence-electron chi connectivity index (χ0n) is 17.8. The van der Waals surface area contributed by atoms with Crippen LogP contribution in [0.2, 0.25) is 0 Å². The molecule has 0 bridgehead atoms. The number of rotatable bonds is 9. The Labute approximate surface area is 179 Å². The Morgan fingerprint density at radius 1 is 1.17 bits per heavy atom. The number of nitrogens with one attached hydrogen (secondary N) is 1. The number of carbonyl (C=O) groups is 1. The number of carbonyl (C=O) groups excluding carboxylic acids is 1. The molecule has 1 saturated carbocycles. The highest BCUT2D eigenvalue weighted by Gasteiger charge is 2.35. The maximum absolute atomic E-state index is 12.6. The zero-order valence-corrected chi connectivity index (χ0v) is 18.7. The molecule has 1 saturated heterocycles. The number of hydrogen-bond donors (Lipinski definition) is 1. The Morgan fingerprint density at radius 3 is 2.62 bits per heavy atom. The van der Waals surface area contributed by atoms with Gasteiger partial charge in [0.25, 0.3) is 0 Å². The minimum absolute atomic E-state index is 0.0736. The first-order valence-electron chi connectivity index (χ1n) is 10.9. The first kappa shape index (κ1) is 22.6. The number of methoxy groups -OCH3 is 1. The summed E-state index contributed by atoms with van der Waals surface area (Å²) in [6.07, 6.45) is 9.08. The highest BCUT2D eigenvalue weighted by atomic mass is 32.2. The van der Waals surface area contributed by atoms with E-state index in [9.17, 15) is 4.79 Å². The molecule has 2 fully saturated rings. The van der Waals surface area contributed by atoms with E-state index in [4.69, 9.17) is 9.47 Å². The van der Waals surface area contributed by atoms with Gasteiger partial charge < -0.3 is 19.7 Å². The molecule has 1 aliphatic carbocycles. The second kappa shape index (κ2) is 11.9. The molecule has 29 heavy (non-hydrogen) atoms. The molecular formula is C23H36N2O3S. The SMILES string of the molecule is COCC(=O)N1CCC[C@H](NCSC)[C@@H]1COC1CCC(c2ccccc2)CC1. The predicted octanol–water partition coefficient (Wildman–Crippen LogP) is 3.65. The molecule has 1 aliphatic heterocycles. The minimum atomic E-state index is 0.0736. The molecule has 162 valence electrons. The topological polar surface area (TPSA) is 50.8 Å². The molecule has 5 nitrogen and oxygen atoms in total. The van der Waals surface area contributed by atoms with Gasteiger partial charge in [0.2, 0.25) is 5.91 Å². The van der Waals surface area contributed by atoms with Crippen LogP contribution in [-0.4, -0.2) is 68.0 Å². The molecule has 1 heterocycles. The van der Waals surface area contributed by atoms with Gasteiger partial charge in [0.05, 0.1) is 18.8 Å². The third kappa shape index (κ3) is 6.45. The number of nitrogens with zero attached hydrogens (tertiary/aromatic N) is 1. The Bertz CT molecular complexity index is 607. The second-order valence-corrected chi connectivity index (χ2v) is 9.06. The largest absolute Gasteiger partial charge is 0.376 e. The van der Waals surface area contributed by atoms with Crippen molar-refractivity contribution >= 4 is 17.7 Å². The zero-order chi connectivity index (χ0) is 20.5. The number of benzene rings is 1. The Morgan fingerprint density at radius 2 is 1.93 bits per heavy atom. The average Bonchev–Trinajstić information content (AvgIpc) is 2.77. The van der Waals surface area contributed by atoms with E-state index in [-0.39, 0.29) is 24.6 Å². The number of thioether (sulfide) groups is 1. The van der Waals surface area contributed by atoms with Crippen molar-refractivity contribution in [3.05, 3.63) is 35.9 Å². The highest BCUT2D eigenvalue weighted by molar-refractivity contribution is 7.98. The van der Waals surface area contributed by atoms with Crippen molar-refractivity contribution in [2.75, 3.05) is 39.0 Å². The van der Waals surface area contributed by atoms with Crippen LogP contribution in [0.4, 0.5) is 0 Å².